The average Bonchev–Trinajstić information content (AvgIpc) is 2.97. The molecular weight excluding hydrogens is 260 g/mol. The Morgan fingerprint density at radius 3 is 2.52 bits per heavy atom. The Hall–Kier alpha value is -2.29. The zero-order valence-electron chi connectivity index (χ0n) is 12.0. The monoisotopic (exact) mass is 280 g/mol. The molecule has 1 fully saturated rings. The van der Waals surface area contributed by atoms with Crippen LogP contribution in [0.5, 0.6) is 0 Å². The summed E-state index contributed by atoms with van der Waals surface area (Å²) in [6, 6.07) is 17.7. The summed E-state index contributed by atoms with van der Waals surface area (Å²) in [4.78, 5) is 14.4. The van der Waals surface area contributed by atoms with Crippen molar-refractivity contribution >= 4 is 11.6 Å². The lowest BCUT2D eigenvalue weighted by molar-refractivity contribution is 0.0787. The molecule has 1 aliphatic rings. The first-order chi connectivity index (χ1) is 10.2. The average molecular weight is 280 g/mol. The van der Waals surface area contributed by atoms with Crippen LogP contribution in [-0.2, 0) is 6.42 Å². The highest BCUT2D eigenvalue weighted by molar-refractivity contribution is 5.94. The van der Waals surface area contributed by atoms with Gasteiger partial charge in [0.25, 0.3) is 5.91 Å². The van der Waals surface area contributed by atoms with Gasteiger partial charge in [-0.05, 0) is 48.6 Å². The molecule has 1 heterocycles. The molecule has 2 aromatic rings. The highest BCUT2D eigenvalue weighted by atomic mass is 16.2. The number of nitrogen functional groups attached to an aromatic ring is 1. The molecule has 0 aromatic heterocycles. The maximum absolute atomic E-state index is 12.4. The molecule has 1 unspecified atom stereocenters. The number of rotatable bonds is 3. The van der Waals surface area contributed by atoms with Crippen molar-refractivity contribution in [2.45, 2.75) is 12.8 Å². The highest BCUT2D eigenvalue weighted by Gasteiger charge is 2.26. The molecular formula is C18H20N2O. The standard InChI is InChI=1S/C18H20N2O/c19-17-8-6-16(7-9-17)18(21)20-11-10-15(13-20)12-14-4-2-1-3-5-14/h1-9,15H,10-13,19H2. The fourth-order valence-corrected chi connectivity index (χ4v) is 2.94. The van der Waals surface area contributed by atoms with Crippen LogP contribution in [0.4, 0.5) is 5.69 Å². The van der Waals surface area contributed by atoms with Gasteiger partial charge in [0.15, 0.2) is 0 Å². The molecule has 0 bridgehead atoms. The van der Waals surface area contributed by atoms with Gasteiger partial charge in [-0.25, -0.2) is 0 Å². The first-order valence-corrected chi connectivity index (χ1v) is 7.41. The van der Waals surface area contributed by atoms with Gasteiger partial charge in [0, 0.05) is 24.3 Å². The number of likely N-dealkylation sites (tertiary alicyclic amines) is 1. The van der Waals surface area contributed by atoms with Crippen molar-refractivity contribution in [3.8, 4) is 0 Å². The second-order valence-corrected chi connectivity index (χ2v) is 5.72. The minimum atomic E-state index is 0.116. The molecule has 0 spiro atoms. The number of nitrogens with two attached hydrogens (primary N) is 1. The maximum atomic E-state index is 12.4. The Morgan fingerprint density at radius 1 is 1.10 bits per heavy atom. The molecule has 1 atom stereocenters. The number of benzene rings is 2. The molecule has 1 aliphatic heterocycles. The summed E-state index contributed by atoms with van der Waals surface area (Å²) in [6.07, 6.45) is 2.13. The number of hydrogen-bond donors (Lipinski definition) is 1. The largest absolute Gasteiger partial charge is 0.399 e. The fourth-order valence-electron chi connectivity index (χ4n) is 2.94. The molecule has 3 rings (SSSR count). The Balaban J connectivity index is 1.61. The van der Waals surface area contributed by atoms with Crippen molar-refractivity contribution < 1.29 is 4.79 Å². The lowest BCUT2D eigenvalue weighted by Gasteiger charge is -2.17. The molecule has 3 heteroatoms. The Kier molecular flexibility index (Phi) is 3.91. The van der Waals surface area contributed by atoms with Crippen LogP contribution in [0.1, 0.15) is 22.3 Å². The summed E-state index contributed by atoms with van der Waals surface area (Å²) in [5, 5.41) is 0. The van der Waals surface area contributed by atoms with Gasteiger partial charge in [0.1, 0.15) is 0 Å². The third-order valence-corrected chi connectivity index (χ3v) is 4.10. The molecule has 21 heavy (non-hydrogen) atoms. The molecule has 108 valence electrons. The number of carbonyl (C=O) groups excluding carboxylic acids is 1. The Bertz CT molecular complexity index is 607. The number of nitrogens with zero attached hydrogens (tertiary/aromatic N) is 1. The topological polar surface area (TPSA) is 46.3 Å². The zero-order valence-corrected chi connectivity index (χ0v) is 12.0. The fraction of sp³-hybridized carbons (Fsp3) is 0.278. The normalized spacial score (nSPS) is 17.9. The van der Waals surface area contributed by atoms with Crippen LogP contribution in [0.2, 0.25) is 0 Å². The van der Waals surface area contributed by atoms with Crippen molar-refractivity contribution in [3.05, 3.63) is 65.7 Å². The van der Waals surface area contributed by atoms with Gasteiger partial charge < -0.3 is 10.6 Å². The molecule has 1 amide bonds. The smallest absolute Gasteiger partial charge is 0.253 e. The maximum Gasteiger partial charge on any atom is 0.253 e. The van der Waals surface area contributed by atoms with Crippen LogP contribution in [0.3, 0.4) is 0 Å². The van der Waals surface area contributed by atoms with E-state index in [2.05, 4.69) is 24.3 Å². The number of anilines is 1. The zero-order chi connectivity index (χ0) is 14.7. The predicted octanol–water partition coefficient (Wildman–Crippen LogP) is 2.97. The third kappa shape index (κ3) is 3.24. The van der Waals surface area contributed by atoms with E-state index in [9.17, 15) is 4.79 Å². The van der Waals surface area contributed by atoms with E-state index < -0.39 is 0 Å². The van der Waals surface area contributed by atoms with E-state index in [1.165, 1.54) is 5.56 Å². The lowest BCUT2D eigenvalue weighted by atomic mass is 9.99. The highest BCUT2D eigenvalue weighted by Crippen LogP contribution is 2.22. The van der Waals surface area contributed by atoms with E-state index in [0.29, 0.717) is 11.6 Å². The Labute approximate surface area is 125 Å². The molecule has 2 N–H and O–H groups in total. The van der Waals surface area contributed by atoms with Gasteiger partial charge in [0.2, 0.25) is 0 Å². The van der Waals surface area contributed by atoms with Crippen molar-refractivity contribution in [2.24, 2.45) is 5.92 Å². The molecule has 1 saturated heterocycles. The lowest BCUT2D eigenvalue weighted by Crippen LogP contribution is -2.28. The number of amides is 1. The Morgan fingerprint density at radius 2 is 1.81 bits per heavy atom. The van der Waals surface area contributed by atoms with E-state index in [4.69, 9.17) is 5.73 Å². The summed E-state index contributed by atoms with van der Waals surface area (Å²) < 4.78 is 0. The summed E-state index contributed by atoms with van der Waals surface area (Å²) in [5.74, 6) is 0.677. The SMILES string of the molecule is Nc1ccc(C(=O)N2CCC(Cc3ccccc3)C2)cc1. The van der Waals surface area contributed by atoms with Gasteiger partial charge in [-0.3, -0.25) is 4.79 Å². The van der Waals surface area contributed by atoms with Crippen LogP contribution in [0, 0.1) is 5.92 Å². The van der Waals surface area contributed by atoms with Crippen LogP contribution >= 0.6 is 0 Å². The van der Waals surface area contributed by atoms with Crippen LogP contribution < -0.4 is 5.73 Å². The van der Waals surface area contributed by atoms with E-state index in [0.717, 1.165) is 31.5 Å². The number of hydrogen-bond acceptors (Lipinski definition) is 2. The van der Waals surface area contributed by atoms with E-state index >= 15 is 0 Å². The second-order valence-electron chi connectivity index (χ2n) is 5.72. The second kappa shape index (κ2) is 6.00. The first-order valence-electron chi connectivity index (χ1n) is 7.41. The third-order valence-electron chi connectivity index (χ3n) is 4.10. The summed E-state index contributed by atoms with van der Waals surface area (Å²) in [6.45, 7) is 1.69. The van der Waals surface area contributed by atoms with Crippen molar-refractivity contribution in [2.75, 3.05) is 18.8 Å². The predicted molar refractivity (Wildman–Crippen MR) is 85.0 cm³/mol. The van der Waals surface area contributed by atoms with E-state index in [1.54, 1.807) is 12.1 Å². The molecule has 2 aromatic carbocycles. The van der Waals surface area contributed by atoms with Gasteiger partial charge in [-0.2, -0.15) is 0 Å². The quantitative estimate of drug-likeness (QED) is 0.879. The minimum Gasteiger partial charge on any atom is -0.399 e. The van der Waals surface area contributed by atoms with Crippen molar-refractivity contribution in [1.82, 2.24) is 4.90 Å². The number of carbonyl (C=O) groups is 1. The molecule has 0 radical (unpaired) electrons. The minimum absolute atomic E-state index is 0.116. The van der Waals surface area contributed by atoms with Gasteiger partial charge in [-0.15, -0.1) is 0 Å². The first kappa shape index (κ1) is 13.7. The van der Waals surface area contributed by atoms with Gasteiger partial charge >= 0.3 is 0 Å². The van der Waals surface area contributed by atoms with Crippen LogP contribution in [0.25, 0.3) is 0 Å². The molecule has 0 aliphatic carbocycles. The van der Waals surface area contributed by atoms with Crippen molar-refractivity contribution in [1.29, 1.82) is 0 Å². The van der Waals surface area contributed by atoms with Crippen LogP contribution in [0.15, 0.2) is 54.6 Å². The van der Waals surface area contributed by atoms with Gasteiger partial charge in [0.05, 0.1) is 0 Å². The van der Waals surface area contributed by atoms with Gasteiger partial charge in [-0.1, -0.05) is 30.3 Å². The van der Waals surface area contributed by atoms with E-state index in [-0.39, 0.29) is 5.91 Å². The molecule has 0 saturated carbocycles. The van der Waals surface area contributed by atoms with E-state index in [1.807, 2.05) is 23.1 Å². The summed E-state index contributed by atoms with van der Waals surface area (Å²) >= 11 is 0. The van der Waals surface area contributed by atoms with Crippen molar-refractivity contribution in [3.63, 3.8) is 0 Å². The summed E-state index contributed by atoms with van der Waals surface area (Å²) in [5.41, 5.74) is 8.43. The molecule has 3 nitrogen and oxygen atoms in total. The summed E-state index contributed by atoms with van der Waals surface area (Å²) in [7, 11) is 0. The van der Waals surface area contributed by atoms with Crippen LogP contribution in [-0.4, -0.2) is 23.9 Å².